The molecule has 0 spiro atoms. The number of rotatable bonds is 14. The number of nitrogens with two attached hydrogens (primary N) is 1. The summed E-state index contributed by atoms with van der Waals surface area (Å²) in [7, 11) is 1.11. The summed E-state index contributed by atoms with van der Waals surface area (Å²) in [5.41, 5.74) is 5.88. The van der Waals surface area contributed by atoms with Crippen molar-refractivity contribution < 1.29 is 67.1 Å². The lowest BCUT2D eigenvalue weighted by atomic mass is 9.96. The third-order valence-corrected chi connectivity index (χ3v) is 5.30. The summed E-state index contributed by atoms with van der Waals surface area (Å²) in [6.07, 6.45) is -5.46. The van der Waals surface area contributed by atoms with Gasteiger partial charge in [-0.2, -0.15) is 0 Å². The maximum Gasteiger partial charge on any atom is 0.325 e. The zero-order chi connectivity index (χ0) is 31.3. The van der Waals surface area contributed by atoms with Gasteiger partial charge in [0.15, 0.2) is 18.5 Å². The van der Waals surface area contributed by atoms with Crippen molar-refractivity contribution in [3.63, 3.8) is 0 Å². The Kier molecular flexibility index (Phi) is 14.6. The fraction of sp³-hybridized carbons (Fsp3) is 0.696. The van der Waals surface area contributed by atoms with Gasteiger partial charge in [-0.3, -0.25) is 33.6 Å². The Morgan fingerprint density at radius 3 is 2.05 bits per heavy atom. The number of hydrogen-bond donors (Lipinski definition) is 5. The number of aliphatic hydroxyl groups excluding tert-OH is 1. The van der Waals surface area contributed by atoms with Crippen LogP contribution >= 0.6 is 0 Å². The Hall–Kier alpha value is -3.87. The van der Waals surface area contributed by atoms with Gasteiger partial charge < -0.3 is 55.2 Å². The van der Waals surface area contributed by atoms with Crippen LogP contribution < -0.4 is 21.7 Å². The monoisotopic (exact) mass is 592 g/mol. The average Bonchev–Trinajstić information content (AvgIpc) is 2.89. The molecule has 1 heterocycles. The molecule has 0 aromatic carbocycles. The van der Waals surface area contributed by atoms with Crippen LogP contribution in [0.3, 0.4) is 0 Å². The summed E-state index contributed by atoms with van der Waals surface area (Å²) < 4.78 is 31.4. The van der Waals surface area contributed by atoms with Gasteiger partial charge in [0.05, 0.1) is 20.3 Å². The van der Waals surface area contributed by atoms with Crippen molar-refractivity contribution in [2.24, 2.45) is 5.73 Å². The molecule has 0 bridgehead atoms. The van der Waals surface area contributed by atoms with Gasteiger partial charge >= 0.3 is 23.9 Å². The van der Waals surface area contributed by atoms with Gasteiger partial charge in [0.2, 0.25) is 17.7 Å². The predicted molar refractivity (Wildman–Crippen MR) is 132 cm³/mol. The highest BCUT2D eigenvalue weighted by atomic mass is 16.7. The molecule has 0 aromatic heterocycles. The molecule has 0 aromatic rings. The first-order chi connectivity index (χ1) is 19.2. The molecule has 0 unspecified atom stereocenters. The van der Waals surface area contributed by atoms with E-state index in [-0.39, 0.29) is 0 Å². The smallest absolute Gasteiger partial charge is 0.325 e. The maximum atomic E-state index is 12.6. The fourth-order valence-electron chi connectivity index (χ4n) is 3.53. The lowest BCUT2D eigenvalue weighted by Crippen LogP contribution is -2.67. The number of aliphatic hydroxyl groups is 1. The molecule has 0 saturated carbocycles. The number of carbonyl (C=O) groups excluding carboxylic acids is 7. The maximum absolute atomic E-state index is 12.6. The van der Waals surface area contributed by atoms with Gasteiger partial charge in [0.1, 0.15) is 37.4 Å². The van der Waals surface area contributed by atoms with Crippen LogP contribution in [-0.4, -0.2) is 123 Å². The topological polar surface area (TPSA) is 257 Å². The third kappa shape index (κ3) is 12.0. The molecule has 3 amide bonds. The van der Waals surface area contributed by atoms with Gasteiger partial charge in [-0.05, 0) is 0 Å². The molecule has 1 aliphatic rings. The van der Waals surface area contributed by atoms with Crippen LogP contribution in [0.2, 0.25) is 0 Å². The first-order valence-corrected chi connectivity index (χ1v) is 12.2. The SMILES string of the molecule is COC(=O)CNC(=O)[C@H](CO)NC(=O)[C@@H](N)CO[C@@H]1O[C@H](COC(C)=O)[C@H](OC(C)=O)[C@H](OC(C)=O)[C@H]1NC(C)=O. The van der Waals surface area contributed by atoms with Crippen molar-refractivity contribution >= 4 is 41.6 Å². The lowest BCUT2D eigenvalue weighted by Gasteiger charge is -2.45. The van der Waals surface area contributed by atoms with E-state index in [0.29, 0.717) is 0 Å². The van der Waals surface area contributed by atoms with Crippen LogP contribution in [-0.2, 0) is 62.0 Å². The Bertz CT molecular complexity index is 976. The molecule has 41 heavy (non-hydrogen) atoms. The number of methoxy groups -OCH3 is 1. The number of esters is 4. The number of carbonyl (C=O) groups is 7. The van der Waals surface area contributed by atoms with E-state index < -0.39 is 111 Å². The highest BCUT2D eigenvalue weighted by molar-refractivity contribution is 5.91. The van der Waals surface area contributed by atoms with Gasteiger partial charge in [0.25, 0.3) is 0 Å². The van der Waals surface area contributed by atoms with Crippen LogP contribution in [0, 0.1) is 0 Å². The second-order valence-corrected chi connectivity index (χ2v) is 8.70. The van der Waals surface area contributed by atoms with E-state index in [1.165, 1.54) is 0 Å². The van der Waals surface area contributed by atoms with Gasteiger partial charge in [0, 0.05) is 27.7 Å². The molecule has 7 atom stereocenters. The van der Waals surface area contributed by atoms with Gasteiger partial charge in [-0.15, -0.1) is 0 Å². The number of amides is 3. The quantitative estimate of drug-likeness (QED) is 0.0945. The largest absolute Gasteiger partial charge is 0.468 e. The van der Waals surface area contributed by atoms with Crippen LogP contribution in [0.1, 0.15) is 27.7 Å². The van der Waals surface area contributed by atoms with E-state index in [2.05, 4.69) is 20.7 Å². The van der Waals surface area contributed by atoms with Crippen molar-refractivity contribution in [2.75, 3.05) is 33.5 Å². The molecular formula is C23H36N4O14. The van der Waals surface area contributed by atoms with Crippen molar-refractivity contribution in [2.45, 2.75) is 70.4 Å². The molecule has 1 fully saturated rings. The second kappa shape index (κ2) is 17.1. The molecule has 1 rings (SSSR count). The van der Waals surface area contributed by atoms with Crippen LogP contribution in [0.4, 0.5) is 0 Å². The summed E-state index contributed by atoms with van der Waals surface area (Å²) in [6.45, 7) is 2.01. The summed E-state index contributed by atoms with van der Waals surface area (Å²) in [5, 5.41) is 16.3. The zero-order valence-electron chi connectivity index (χ0n) is 23.2. The Morgan fingerprint density at radius 1 is 0.927 bits per heavy atom. The van der Waals surface area contributed by atoms with Crippen LogP contribution in [0.25, 0.3) is 0 Å². The van der Waals surface area contributed by atoms with Crippen molar-refractivity contribution in [3.8, 4) is 0 Å². The number of hydrogen-bond acceptors (Lipinski definition) is 15. The highest BCUT2D eigenvalue weighted by Gasteiger charge is 2.51. The molecule has 0 aliphatic carbocycles. The zero-order valence-corrected chi connectivity index (χ0v) is 23.2. The molecule has 18 heteroatoms. The minimum absolute atomic E-state index is 0.469. The highest BCUT2D eigenvalue weighted by Crippen LogP contribution is 2.28. The summed E-state index contributed by atoms with van der Waals surface area (Å²) in [5.74, 6) is -5.53. The molecule has 232 valence electrons. The van der Waals surface area contributed by atoms with E-state index >= 15 is 0 Å². The third-order valence-electron chi connectivity index (χ3n) is 5.30. The second-order valence-electron chi connectivity index (χ2n) is 8.70. The Labute approximate surface area is 234 Å². The number of ether oxygens (including phenoxy) is 6. The molecule has 6 N–H and O–H groups in total. The van der Waals surface area contributed by atoms with Crippen LogP contribution in [0.15, 0.2) is 0 Å². The first kappa shape index (κ1) is 35.2. The Morgan fingerprint density at radius 2 is 1.54 bits per heavy atom. The molecule has 1 saturated heterocycles. The molecule has 1 aliphatic heterocycles. The van der Waals surface area contributed by atoms with E-state index in [9.17, 15) is 38.7 Å². The van der Waals surface area contributed by atoms with Crippen molar-refractivity contribution in [3.05, 3.63) is 0 Å². The van der Waals surface area contributed by atoms with E-state index in [0.717, 1.165) is 34.8 Å². The number of nitrogens with one attached hydrogen (secondary N) is 3. The summed E-state index contributed by atoms with van der Waals surface area (Å²) in [4.78, 5) is 83.0. The standard InChI is InChI=1S/C23H36N4O14/c1-10(29)26-18-20(40-13(4)32)19(39-12(3)31)16(9-37-11(2)30)41-23(18)38-8-14(24)21(34)27-15(7-28)22(35)25-6-17(33)36-5/h14-16,18-20,23,28H,6-9,24H2,1-5H3,(H,25,35)(H,26,29)(H,27,34)/t14-,15-,16+,18+,19-,20+,23+/m0/s1. The van der Waals surface area contributed by atoms with Gasteiger partial charge in [-0.25, -0.2) is 0 Å². The van der Waals surface area contributed by atoms with Crippen LogP contribution in [0.5, 0.6) is 0 Å². The molecular weight excluding hydrogens is 556 g/mol. The first-order valence-electron chi connectivity index (χ1n) is 12.2. The fourth-order valence-corrected chi connectivity index (χ4v) is 3.53. The van der Waals surface area contributed by atoms with Crippen molar-refractivity contribution in [1.82, 2.24) is 16.0 Å². The normalized spacial score (nSPS) is 23.1. The summed E-state index contributed by atoms with van der Waals surface area (Å²) >= 11 is 0. The van der Waals surface area contributed by atoms with Crippen molar-refractivity contribution in [1.29, 1.82) is 0 Å². The average molecular weight is 593 g/mol. The molecule has 0 radical (unpaired) electrons. The minimum atomic E-state index is -1.48. The summed E-state index contributed by atoms with van der Waals surface area (Å²) in [6, 6.07) is -4.23. The van der Waals surface area contributed by atoms with E-state index in [1.807, 2.05) is 0 Å². The lowest BCUT2D eigenvalue weighted by molar-refractivity contribution is -0.278. The minimum Gasteiger partial charge on any atom is -0.468 e. The Balaban J connectivity index is 3.10. The predicted octanol–water partition coefficient (Wildman–Crippen LogP) is -4.25. The van der Waals surface area contributed by atoms with E-state index in [4.69, 9.17) is 29.4 Å². The van der Waals surface area contributed by atoms with Gasteiger partial charge in [-0.1, -0.05) is 0 Å². The van der Waals surface area contributed by atoms with E-state index in [1.54, 1.807) is 0 Å². The molecule has 18 nitrogen and oxygen atoms in total.